The molecule has 21 heavy (non-hydrogen) atoms. The summed E-state index contributed by atoms with van der Waals surface area (Å²) in [5, 5.41) is 10.6. The van der Waals surface area contributed by atoms with E-state index in [4.69, 9.17) is 0 Å². The quantitative estimate of drug-likeness (QED) is 0.868. The number of H-pyrrole nitrogens is 1. The fourth-order valence-corrected chi connectivity index (χ4v) is 2.98. The molecule has 0 aliphatic heterocycles. The maximum atomic E-state index is 11.4. The van der Waals surface area contributed by atoms with Crippen molar-refractivity contribution in [3.63, 3.8) is 0 Å². The molecule has 2 N–H and O–H groups in total. The lowest BCUT2D eigenvalue weighted by molar-refractivity contribution is 0.422. The number of aromatic amines is 1. The van der Waals surface area contributed by atoms with E-state index in [1.807, 2.05) is 12.1 Å². The van der Waals surface area contributed by atoms with Gasteiger partial charge in [-0.2, -0.15) is 0 Å². The van der Waals surface area contributed by atoms with Crippen LogP contribution in [0.25, 0.3) is 0 Å². The molecule has 0 bridgehead atoms. The van der Waals surface area contributed by atoms with E-state index in [0.29, 0.717) is 5.16 Å². The van der Waals surface area contributed by atoms with Crippen LogP contribution >= 0.6 is 27.7 Å². The minimum Gasteiger partial charge on any atom is -0.308 e. The molecule has 0 atom stereocenters. The highest BCUT2D eigenvalue weighted by Gasteiger charge is 2.13. The number of hydrogen-bond donors (Lipinski definition) is 2. The van der Waals surface area contributed by atoms with Crippen LogP contribution in [-0.2, 0) is 13.6 Å². The molecule has 7 heteroatoms. The minimum absolute atomic E-state index is 0.0451. The van der Waals surface area contributed by atoms with Crippen LogP contribution in [0.4, 0.5) is 0 Å². The van der Waals surface area contributed by atoms with Gasteiger partial charge in [0.15, 0.2) is 5.16 Å². The van der Waals surface area contributed by atoms with Crippen LogP contribution in [0, 0.1) is 0 Å². The van der Waals surface area contributed by atoms with Crippen molar-refractivity contribution in [3.8, 4) is 0 Å². The average molecular weight is 371 g/mol. The number of hydrogen-bond acceptors (Lipinski definition) is 4. The molecule has 114 valence electrons. The van der Waals surface area contributed by atoms with Gasteiger partial charge in [0.2, 0.25) is 0 Å². The molecule has 0 fully saturated rings. The third-order valence-corrected chi connectivity index (χ3v) is 4.53. The van der Waals surface area contributed by atoms with Crippen LogP contribution in [-0.4, -0.2) is 20.3 Å². The summed E-state index contributed by atoms with van der Waals surface area (Å²) in [4.78, 5) is 12.5. The summed E-state index contributed by atoms with van der Waals surface area (Å²) in [7, 11) is 1.71. The van der Waals surface area contributed by atoms with Gasteiger partial charge in [-0.15, -0.1) is 5.10 Å². The molecule has 0 saturated carbocycles. The molecule has 0 saturated heterocycles. The van der Waals surface area contributed by atoms with E-state index in [1.165, 1.54) is 21.9 Å². The molecule has 2 aromatic rings. The Morgan fingerprint density at radius 2 is 2.14 bits per heavy atom. The fraction of sp³-hybridized carbons (Fsp3) is 0.429. The second-order valence-corrected chi connectivity index (χ2v) is 7.75. The first kappa shape index (κ1) is 16.3. The van der Waals surface area contributed by atoms with Gasteiger partial charge in [0.1, 0.15) is 0 Å². The average Bonchev–Trinajstić information content (AvgIpc) is 2.70. The van der Waals surface area contributed by atoms with Crippen molar-refractivity contribution in [2.24, 2.45) is 7.05 Å². The fourth-order valence-electron chi connectivity index (χ4n) is 1.67. The van der Waals surface area contributed by atoms with Gasteiger partial charge in [0.25, 0.3) is 0 Å². The van der Waals surface area contributed by atoms with Crippen molar-refractivity contribution in [2.75, 3.05) is 0 Å². The zero-order valence-electron chi connectivity index (χ0n) is 12.5. The second-order valence-electron chi connectivity index (χ2n) is 5.83. The standard InChI is InChI=1S/C14H19BrN4OS/c1-14(2,3)16-8-9-7-10(15)5-6-11(9)21-13-18-17-12(20)19(13)4/h5-7,16H,8H2,1-4H3,(H,17,20). The highest BCUT2D eigenvalue weighted by atomic mass is 79.9. The maximum absolute atomic E-state index is 11.4. The lowest BCUT2D eigenvalue weighted by atomic mass is 10.1. The smallest absolute Gasteiger partial charge is 0.308 e. The van der Waals surface area contributed by atoms with E-state index < -0.39 is 0 Å². The highest BCUT2D eigenvalue weighted by Crippen LogP contribution is 2.30. The molecule has 2 rings (SSSR count). The summed E-state index contributed by atoms with van der Waals surface area (Å²) < 4.78 is 2.54. The number of aromatic nitrogens is 3. The van der Waals surface area contributed by atoms with Crippen LogP contribution in [0.2, 0.25) is 0 Å². The summed E-state index contributed by atoms with van der Waals surface area (Å²) in [6, 6.07) is 6.12. The highest BCUT2D eigenvalue weighted by molar-refractivity contribution is 9.10. The van der Waals surface area contributed by atoms with Gasteiger partial charge in [-0.3, -0.25) is 4.57 Å². The van der Waals surface area contributed by atoms with Gasteiger partial charge in [-0.05, 0) is 56.3 Å². The topological polar surface area (TPSA) is 62.7 Å². The van der Waals surface area contributed by atoms with Crippen molar-refractivity contribution < 1.29 is 0 Å². The molecule has 1 heterocycles. The largest absolute Gasteiger partial charge is 0.343 e. The second kappa shape index (κ2) is 6.37. The van der Waals surface area contributed by atoms with Crippen molar-refractivity contribution in [3.05, 3.63) is 38.7 Å². The molecule has 0 unspecified atom stereocenters. The predicted octanol–water partition coefficient (Wildman–Crippen LogP) is 2.91. The third-order valence-electron chi connectivity index (χ3n) is 2.87. The molecule has 0 amide bonds. The summed E-state index contributed by atoms with van der Waals surface area (Å²) in [5.41, 5.74) is 1.01. The van der Waals surface area contributed by atoms with E-state index in [-0.39, 0.29) is 11.2 Å². The van der Waals surface area contributed by atoms with Gasteiger partial charge in [-0.1, -0.05) is 15.9 Å². The maximum Gasteiger partial charge on any atom is 0.343 e. The first-order valence-corrected chi connectivity index (χ1v) is 8.20. The first-order valence-electron chi connectivity index (χ1n) is 6.59. The Labute approximate surface area is 136 Å². The summed E-state index contributed by atoms with van der Waals surface area (Å²) in [6.07, 6.45) is 0. The number of benzene rings is 1. The number of rotatable bonds is 4. The zero-order valence-corrected chi connectivity index (χ0v) is 14.9. The number of halogens is 1. The molecule has 5 nitrogen and oxygen atoms in total. The van der Waals surface area contributed by atoms with E-state index in [9.17, 15) is 4.79 Å². The molecule has 0 spiro atoms. The van der Waals surface area contributed by atoms with Crippen molar-refractivity contribution in [1.29, 1.82) is 0 Å². The Kier molecular flexibility index (Phi) is 4.95. The van der Waals surface area contributed by atoms with Crippen LogP contribution < -0.4 is 11.0 Å². The molecule has 0 radical (unpaired) electrons. The molecular weight excluding hydrogens is 352 g/mol. The van der Waals surface area contributed by atoms with E-state index in [2.05, 4.69) is 58.3 Å². The molecule has 1 aromatic carbocycles. The minimum atomic E-state index is -0.205. The van der Waals surface area contributed by atoms with Gasteiger partial charge < -0.3 is 5.32 Å². The van der Waals surface area contributed by atoms with Crippen LogP contribution in [0.15, 0.2) is 37.5 Å². The molecule has 1 aromatic heterocycles. The lowest BCUT2D eigenvalue weighted by Gasteiger charge is -2.21. The summed E-state index contributed by atoms with van der Waals surface area (Å²) >= 11 is 4.99. The zero-order chi connectivity index (χ0) is 15.6. The van der Waals surface area contributed by atoms with Crippen LogP contribution in [0.1, 0.15) is 26.3 Å². The Morgan fingerprint density at radius 3 is 2.71 bits per heavy atom. The molecular formula is C14H19BrN4OS. The van der Waals surface area contributed by atoms with Crippen molar-refractivity contribution in [1.82, 2.24) is 20.1 Å². The van der Waals surface area contributed by atoms with Gasteiger partial charge in [-0.25, -0.2) is 9.89 Å². The molecule has 0 aliphatic rings. The van der Waals surface area contributed by atoms with Crippen LogP contribution in [0.5, 0.6) is 0 Å². The third kappa shape index (κ3) is 4.46. The normalized spacial score (nSPS) is 11.9. The van der Waals surface area contributed by atoms with Crippen molar-refractivity contribution in [2.45, 2.75) is 42.9 Å². The summed E-state index contributed by atoms with van der Waals surface area (Å²) in [5.74, 6) is 0. The number of nitrogens with one attached hydrogen (secondary N) is 2. The van der Waals surface area contributed by atoms with E-state index >= 15 is 0 Å². The van der Waals surface area contributed by atoms with Crippen molar-refractivity contribution >= 4 is 27.7 Å². The Morgan fingerprint density at radius 1 is 1.43 bits per heavy atom. The first-order chi connectivity index (χ1) is 9.76. The lowest BCUT2D eigenvalue weighted by Crippen LogP contribution is -2.35. The van der Waals surface area contributed by atoms with Crippen LogP contribution in [0.3, 0.4) is 0 Å². The van der Waals surface area contributed by atoms with E-state index in [1.54, 1.807) is 7.05 Å². The van der Waals surface area contributed by atoms with Gasteiger partial charge in [0.05, 0.1) is 0 Å². The monoisotopic (exact) mass is 370 g/mol. The number of nitrogens with zero attached hydrogens (tertiary/aromatic N) is 2. The van der Waals surface area contributed by atoms with Gasteiger partial charge in [0, 0.05) is 28.5 Å². The summed E-state index contributed by atoms with van der Waals surface area (Å²) in [6.45, 7) is 7.16. The molecule has 0 aliphatic carbocycles. The van der Waals surface area contributed by atoms with E-state index in [0.717, 1.165) is 15.9 Å². The predicted molar refractivity (Wildman–Crippen MR) is 88.7 cm³/mol. The SMILES string of the molecule is Cn1c(Sc2ccc(Br)cc2CNC(C)(C)C)n[nH]c1=O. The Balaban J connectivity index is 2.26. The Hall–Kier alpha value is -1.05. The Bertz CT molecular complexity index is 687. The van der Waals surface area contributed by atoms with Gasteiger partial charge >= 0.3 is 5.69 Å².